The Bertz CT molecular complexity index is 552. The van der Waals surface area contributed by atoms with Gasteiger partial charge in [-0.1, -0.05) is 12.1 Å². The highest BCUT2D eigenvalue weighted by atomic mass is 16.6. The van der Waals surface area contributed by atoms with E-state index in [4.69, 9.17) is 4.74 Å². The molecule has 23 heavy (non-hydrogen) atoms. The summed E-state index contributed by atoms with van der Waals surface area (Å²) in [7, 11) is 1.76. The van der Waals surface area contributed by atoms with Crippen molar-refractivity contribution in [1.29, 1.82) is 0 Å². The van der Waals surface area contributed by atoms with E-state index in [9.17, 15) is 9.90 Å². The molecule has 2 rings (SSSR count). The number of aromatic hydroxyl groups is 1. The molecule has 2 N–H and O–H groups in total. The predicted octanol–water partition coefficient (Wildman–Crippen LogP) is 3.23. The highest BCUT2D eigenvalue weighted by Crippen LogP contribution is 2.36. The average Bonchev–Trinajstić information content (AvgIpc) is 2.86. The highest BCUT2D eigenvalue weighted by molar-refractivity contribution is 5.67. The Hall–Kier alpha value is -1.75. The zero-order valence-corrected chi connectivity index (χ0v) is 14.6. The first-order valence-corrected chi connectivity index (χ1v) is 8.26. The van der Waals surface area contributed by atoms with Gasteiger partial charge >= 0.3 is 6.09 Å². The molecular formula is C18H28N2O3. The maximum Gasteiger partial charge on any atom is 0.410 e. The van der Waals surface area contributed by atoms with E-state index in [2.05, 4.69) is 11.4 Å². The minimum atomic E-state index is -0.459. The summed E-state index contributed by atoms with van der Waals surface area (Å²) in [5.74, 6) is 0.399. The van der Waals surface area contributed by atoms with Gasteiger partial charge in [-0.3, -0.25) is 0 Å². The molecule has 0 fully saturated rings. The van der Waals surface area contributed by atoms with Crippen LogP contribution < -0.4 is 5.32 Å². The zero-order valence-electron chi connectivity index (χ0n) is 14.6. The Morgan fingerprint density at radius 1 is 1.43 bits per heavy atom. The second-order valence-corrected chi connectivity index (χ2v) is 7.15. The van der Waals surface area contributed by atoms with Crippen LogP contribution in [-0.2, 0) is 11.2 Å². The van der Waals surface area contributed by atoms with Crippen LogP contribution in [0.15, 0.2) is 18.2 Å². The minimum Gasteiger partial charge on any atom is -0.508 e. The first-order valence-electron chi connectivity index (χ1n) is 8.26. The van der Waals surface area contributed by atoms with Gasteiger partial charge in [0.15, 0.2) is 0 Å². The maximum atomic E-state index is 11.9. The monoisotopic (exact) mass is 320 g/mol. The third-order valence-corrected chi connectivity index (χ3v) is 4.01. The van der Waals surface area contributed by atoms with Crippen LogP contribution in [0, 0.1) is 0 Å². The second kappa shape index (κ2) is 7.21. The number of benzene rings is 1. The summed E-state index contributed by atoms with van der Waals surface area (Å²) in [6.45, 7) is 7.09. The van der Waals surface area contributed by atoms with Crippen LogP contribution in [0.2, 0.25) is 0 Å². The van der Waals surface area contributed by atoms with Gasteiger partial charge < -0.3 is 20.1 Å². The SMILES string of the molecule is CN(CCCNC1CCc2c(O)cccc21)C(=O)OC(C)(C)C. The number of ether oxygens (including phenoxy) is 1. The van der Waals surface area contributed by atoms with Gasteiger partial charge in [-0.2, -0.15) is 0 Å². The molecule has 0 heterocycles. The Morgan fingerprint density at radius 2 is 2.17 bits per heavy atom. The van der Waals surface area contributed by atoms with E-state index >= 15 is 0 Å². The molecule has 1 aliphatic carbocycles. The molecule has 5 nitrogen and oxygen atoms in total. The van der Waals surface area contributed by atoms with E-state index < -0.39 is 5.60 Å². The number of nitrogens with zero attached hydrogens (tertiary/aromatic N) is 1. The summed E-state index contributed by atoms with van der Waals surface area (Å²) in [4.78, 5) is 13.5. The summed E-state index contributed by atoms with van der Waals surface area (Å²) in [5.41, 5.74) is 1.81. The van der Waals surface area contributed by atoms with Crippen LogP contribution in [0.3, 0.4) is 0 Å². The molecule has 0 bridgehead atoms. The van der Waals surface area contributed by atoms with Crippen LogP contribution >= 0.6 is 0 Å². The lowest BCUT2D eigenvalue weighted by atomic mass is 10.1. The highest BCUT2D eigenvalue weighted by Gasteiger charge is 2.24. The van der Waals surface area contributed by atoms with Crippen molar-refractivity contribution in [2.24, 2.45) is 0 Å². The van der Waals surface area contributed by atoms with Crippen molar-refractivity contribution in [3.8, 4) is 5.75 Å². The molecule has 0 aromatic heterocycles. The Labute approximate surface area is 138 Å². The number of carbonyl (C=O) groups excluding carboxylic acids is 1. The van der Waals surface area contributed by atoms with Crippen molar-refractivity contribution < 1.29 is 14.6 Å². The van der Waals surface area contributed by atoms with Gasteiger partial charge in [0.05, 0.1) is 0 Å². The lowest BCUT2D eigenvalue weighted by molar-refractivity contribution is 0.0297. The lowest BCUT2D eigenvalue weighted by Crippen LogP contribution is -2.35. The van der Waals surface area contributed by atoms with Crippen LogP contribution in [0.4, 0.5) is 4.79 Å². The van der Waals surface area contributed by atoms with Gasteiger partial charge in [0.2, 0.25) is 0 Å². The van der Waals surface area contributed by atoms with Gasteiger partial charge in [0.1, 0.15) is 11.4 Å². The summed E-state index contributed by atoms with van der Waals surface area (Å²) in [5, 5.41) is 13.4. The van der Waals surface area contributed by atoms with Gasteiger partial charge in [0.25, 0.3) is 0 Å². The first kappa shape index (κ1) is 17.6. The number of phenols is 1. The molecule has 1 unspecified atom stereocenters. The molecule has 0 spiro atoms. The van der Waals surface area contributed by atoms with Crippen LogP contribution in [-0.4, -0.2) is 41.8 Å². The van der Waals surface area contributed by atoms with Gasteiger partial charge in [-0.15, -0.1) is 0 Å². The summed E-state index contributed by atoms with van der Waals surface area (Å²) in [6.07, 6.45) is 2.50. The van der Waals surface area contributed by atoms with Crippen molar-refractivity contribution in [3.63, 3.8) is 0 Å². The van der Waals surface area contributed by atoms with Crippen molar-refractivity contribution in [2.45, 2.75) is 51.7 Å². The van der Waals surface area contributed by atoms with E-state index in [-0.39, 0.29) is 6.09 Å². The van der Waals surface area contributed by atoms with Crippen molar-refractivity contribution in [2.75, 3.05) is 20.1 Å². The number of rotatable bonds is 5. The molecule has 1 aromatic rings. The summed E-state index contributed by atoms with van der Waals surface area (Å²) in [6, 6.07) is 6.01. The molecule has 1 aliphatic rings. The summed E-state index contributed by atoms with van der Waals surface area (Å²) >= 11 is 0. The number of fused-ring (bicyclic) bond motifs is 1. The van der Waals surface area contributed by atoms with Gasteiger partial charge in [0, 0.05) is 19.6 Å². The van der Waals surface area contributed by atoms with E-state index in [1.807, 2.05) is 26.8 Å². The van der Waals surface area contributed by atoms with E-state index in [0.717, 1.165) is 31.4 Å². The van der Waals surface area contributed by atoms with E-state index in [1.54, 1.807) is 18.0 Å². The zero-order chi connectivity index (χ0) is 17.0. The van der Waals surface area contributed by atoms with Crippen molar-refractivity contribution >= 4 is 6.09 Å². The number of carbonyl (C=O) groups is 1. The van der Waals surface area contributed by atoms with E-state index in [0.29, 0.717) is 18.3 Å². The second-order valence-electron chi connectivity index (χ2n) is 7.15. The van der Waals surface area contributed by atoms with Crippen LogP contribution in [0.25, 0.3) is 0 Å². The molecule has 128 valence electrons. The number of amides is 1. The molecule has 0 saturated carbocycles. The third kappa shape index (κ3) is 4.86. The van der Waals surface area contributed by atoms with Gasteiger partial charge in [-0.05, 0) is 63.8 Å². The standard InChI is InChI=1S/C18H28N2O3/c1-18(2,3)23-17(22)20(4)12-6-11-19-15-10-9-14-13(15)7-5-8-16(14)21/h5,7-8,15,19,21H,6,9-12H2,1-4H3. The molecule has 5 heteroatoms. The number of hydrogen-bond acceptors (Lipinski definition) is 4. The minimum absolute atomic E-state index is 0.284. The fraction of sp³-hybridized carbons (Fsp3) is 0.611. The number of hydrogen-bond donors (Lipinski definition) is 2. The fourth-order valence-corrected chi connectivity index (χ4v) is 2.87. The maximum absolute atomic E-state index is 11.9. The Balaban J connectivity index is 1.73. The fourth-order valence-electron chi connectivity index (χ4n) is 2.87. The van der Waals surface area contributed by atoms with Gasteiger partial charge in [-0.25, -0.2) is 4.79 Å². The largest absolute Gasteiger partial charge is 0.508 e. The first-order chi connectivity index (χ1) is 10.8. The van der Waals surface area contributed by atoms with Crippen molar-refractivity contribution in [3.05, 3.63) is 29.3 Å². The molecular weight excluding hydrogens is 292 g/mol. The lowest BCUT2D eigenvalue weighted by Gasteiger charge is -2.24. The molecule has 1 aromatic carbocycles. The third-order valence-electron chi connectivity index (χ3n) is 4.01. The quantitative estimate of drug-likeness (QED) is 0.818. The molecule has 0 aliphatic heterocycles. The Morgan fingerprint density at radius 3 is 2.87 bits per heavy atom. The molecule has 1 amide bonds. The van der Waals surface area contributed by atoms with E-state index in [1.165, 1.54) is 5.56 Å². The normalized spacial score (nSPS) is 17.0. The van der Waals surface area contributed by atoms with Crippen LogP contribution in [0.1, 0.15) is 50.8 Å². The topological polar surface area (TPSA) is 61.8 Å². The van der Waals surface area contributed by atoms with Crippen LogP contribution in [0.5, 0.6) is 5.75 Å². The molecule has 0 saturated heterocycles. The van der Waals surface area contributed by atoms with Crippen molar-refractivity contribution in [1.82, 2.24) is 10.2 Å². The summed E-state index contributed by atoms with van der Waals surface area (Å²) < 4.78 is 5.33. The predicted molar refractivity (Wildman–Crippen MR) is 90.7 cm³/mol. The Kier molecular flexibility index (Phi) is 5.52. The average molecular weight is 320 g/mol. The molecule has 1 atom stereocenters. The number of phenolic OH excluding ortho intramolecular Hbond substituents is 1. The number of nitrogens with one attached hydrogen (secondary N) is 1. The smallest absolute Gasteiger partial charge is 0.410 e. The molecule has 0 radical (unpaired) electrons.